The number of nitrogens with one attached hydrogen (secondary N) is 2. The van der Waals surface area contributed by atoms with Crippen molar-refractivity contribution in [2.24, 2.45) is 5.16 Å². The number of oxime groups is 1. The zero-order valence-corrected chi connectivity index (χ0v) is 15.7. The third kappa shape index (κ3) is 4.49. The summed E-state index contributed by atoms with van der Waals surface area (Å²) in [6.45, 7) is 1.77. The summed E-state index contributed by atoms with van der Waals surface area (Å²) >= 11 is 3.38. The molecule has 2 amide bonds. The first-order valence-corrected chi connectivity index (χ1v) is 8.94. The monoisotopic (exact) mass is 415 g/mol. The van der Waals surface area contributed by atoms with E-state index in [0.29, 0.717) is 12.1 Å². The van der Waals surface area contributed by atoms with Crippen LogP contribution in [0, 0.1) is 6.92 Å². The fraction of sp³-hybridized carbons (Fsp3) is 0.211. The second-order valence-electron chi connectivity index (χ2n) is 5.93. The summed E-state index contributed by atoms with van der Waals surface area (Å²) in [5.41, 5.74) is 3.28. The van der Waals surface area contributed by atoms with Crippen molar-refractivity contribution in [3.63, 3.8) is 0 Å². The van der Waals surface area contributed by atoms with Crippen molar-refractivity contribution in [3.8, 4) is 0 Å². The van der Waals surface area contributed by atoms with Gasteiger partial charge in [0.2, 0.25) is 12.0 Å². The van der Waals surface area contributed by atoms with Crippen LogP contribution in [0.5, 0.6) is 0 Å². The second-order valence-corrected chi connectivity index (χ2v) is 6.84. The van der Waals surface area contributed by atoms with Gasteiger partial charge in [-0.2, -0.15) is 0 Å². The number of anilines is 1. The van der Waals surface area contributed by atoms with Crippen LogP contribution in [-0.4, -0.2) is 30.2 Å². The fourth-order valence-corrected chi connectivity index (χ4v) is 3.04. The molecule has 1 aliphatic rings. The fourth-order valence-electron chi connectivity index (χ4n) is 2.56. The second kappa shape index (κ2) is 8.14. The van der Waals surface area contributed by atoms with Crippen molar-refractivity contribution >= 4 is 39.1 Å². The van der Waals surface area contributed by atoms with Crippen molar-refractivity contribution in [2.45, 2.75) is 19.4 Å². The Balaban J connectivity index is 1.48. The molecule has 0 aromatic heterocycles. The van der Waals surface area contributed by atoms with Crippen LogP contribution >= 0.6 is 15.9 Å². The highest BCUT2D eigenvalue weighted by Gasteiger charge is 2.28. The van der Waals surface area contributed by atoms with E-state index in [2.05, 4.69) is 31.7 Å². The number of aryl methyl sites for hydroxylation is 1. The van der Waals surface area contributed by atoms with E-state index in [1.807, 2.05) is 49.4 Å². The summed E-state index contributed by atoms with van der Waals surface area (Å²) in [6.07, 6.45) is -0.337. The van der Waals surface area contributed by atoms with E-state index >= 15 is 0 Å². The molecule has 6 nitrogen and oxygen atoms in total. The first-order chi connectivity index (χ1) is 12.5. The Morgan fingerprint density at radius 3 is 2.73 bits per heavy atom. The van der Waals surface area contributed by atoms with Gasteiger partial charge in [-0.05, 0) is 36.2 Å². The predicted octanol–water partition coefficient (Wildman–Crippen LogP) is 3.01. The molecule has 26 heavy (non-hydrogen) atoms. The number of carbonyl (C=O) groups excluding carboxylic acids is 2. The first kappa shape index (κ1) is 18.1. The quantitative estimate of drug-likeness (QED) is 0.787. The van der Waals surface area contributed by atoms with Gasteiger partial charge in [0, 0.05) is 16.6 Å². The Labute approximate surface area is 159 Å². The molecule has 7 heteroatoms. The van der Waals surface area contributed by atoms with Crippen molar-refractivity contribution in [3.05, 3.63) is 64.1 Å². The summed E-state index contributed by atoms with van der Waals surface area (Å²) in [5.74, 6) is -0.659. The Morgan fingerprint density at radius 1 is 1.23 bits per heavy atom. The largest absolute Gasteiger partial charge is 0.382 e. The number of nitrogens with zero attached hydrogens (tertiary/aromatic N) is 1. The molecule has 134 valence electrons. The van der Waals surface area contributed by atoms with Gasteiger partial charge in [-0.1, -0.05) is 51.4 Å². The van der Waals surface area contributed by atoms with Crippen molar-refractivity contribution in [1.82, 2.24) is 5.32 Å². The Hall–Kier alpha value is -2.67. The molecule has 1 aliphatic heterocycles. The summed E-state index contributed by atoms with van der Waals surface area (Å²) in [4.78, 5) is 29.4. The molecule has 2 N–H and O–H groups in total. The van der Waals surface area contributed by atoms with Crippen LogP contribution in [0.25, 0.3) is 0 Å². The van der Waals surface area contributed by atoms with Crippen LogP contribution in [0.3, 0.4) is 0 Å². The van der Waals surface area contributed by atoms with E-state index in [1.165, 1.54) is 0 Å². The van der Waals surface area contributed by atoms with Gasteiger partial charge in [-0.15, -0.1) is 0 Å². The number of amides is 2. The molecule has 0 saturated carbocycles. The van der Waals surface area contributed by atoms with Gasteiger partial charge in [0.15, 0.2) is 0 Å². The number of halogens is 1. The lowest BCUT2D eigenvalue weighted by Gasteiger charge is -2.11. The van der Waals surface area contributed by atoms with E-state index in [-0.39, 0.29) is 18.4 Å². The number of rotatable bonds is 5. The van der Waals surface area contributed by atoms with E-state index in [4.69, 9.17) is 4.84 Å². The summed E-state index contributed by atoms with van der Waals surface area (Å²) < 4.78 is 0.939. The third-order valence-corrected chi connectivity index (χ3v) is 4.45. The highest BCUT2D eigenvalue weighted by atomic mass is 79.9. The standard InChI is InChI=1S/C19H18BrN3O3/c1-12-9-14(20)7-8-15(12)22-18(24)11-21-19(25)17-10-16(23-26-17)13-5-3-2-4-6-13/h2-9,17H,10-11H2,1H3,(H,21,25)(H,22,24). The van der Waals surface area contributed by atoms with E-state index in [0.717, 1.165) is 21.3 Å². The topological polar surface area (TPSA) is 79.8 Å². The summed E-state index contributed by atoms with van der Waals surface area (Å²) in [6, 6.07) is 15.1. The molecule has 3 rings (SSSR count). The SMILES string of the molecule is Cc1cc(Br)ccc1NC(=O)CNC(=O)C1CC(c2ccccc2)=NO1. The lowest BCUT2D eigenvalue weighted by molar-refractivity contribution is -0.132. The van der Waals surface area contributed by atoms with Crippen LogP contribution in [0.15, 0.2) is 58.2 Å². The average Bonchev–Trinajstić information content (AvgIpc) is 3.13. The molecule has 2 aromatic carbocycles. The molecule has 0 radical (unpaired) electrons. The molecule has 0 aliphatic carbocycles. The van der Waals surface area contributed by atoms with Gasteiger partial charge in [0.1, 0.15) is 0 Å². The number of hydrogen-bond acceptors (Lipinski definition) is 4. The van der Waals surface area contributed by atoms with Crippen LogP contribution in [0.4, 0.5) is 5.69 Å². The van der Waals surface area contributed by atoms with Gasteiger partial charge in [-0.3, -0.25) is 9.59 Å². The minimum absolute atomic E-state index is 0.130. The van der Waals surface area contributed by atoms with Gasteiger partial charge >= 0.3 is 0 Å². The molecule has 2 aromatic rings. The van der Waals surface area contributed by atoms with Crippen LogP contribution in [0.1, 0.15) is 17.5 Å². The van der Waals surface area contributed by atoms with Gasteiger partial charge in [-0.25, -0.2) is 0 Å². The smallest absolute Gasteiger partial charge is 0.264 e. The maximum absolute atomic E-state index is 12.2. The summed E-state index contributed by atoms with van der Waals surface area (Å²) in [7, 11) is 0. The van der Waals surface area contributed by atoms with E-state index < -0.39 is 6.10 Å². The molecule has 1 unspecified atom stereocenters. The van der Waals surface area contributed by atoms with Gasteiger partial charge < -0.3 is 15.5 Å². The highest BCUT2D eigenvalue weighted by Crippen LogP contribution is 2.20. The lowest BCUT2D eigenvalue weighted by atomic mass is 10.0. The van der Waals surface area contributed by atoms with Gasteiger partial charge in [0.05, 0.1) is 12.3 Å². The number of benzene rings is 2. The zero-order chi connectivity index (χ0) is 18.5. The first-order valence-electron chi connectivity index (χ1n) is 8.15. The molecule has 1 atom stereocenters. The average molecular weight is 416 g/mol. The number of hydrogen-bond donors (Lipinski definition) is 2. The molecular weight excluding hydrogens is 398 g/mol. The van der Waals surface area contributed by atoms with Crippen LogP contribution in [-0.2, 0) is 14.4 Å². The Kier molecular flexibility index (Phi) is 5.68. The molecule has 0 fully saturated rings. The maximum atomic E-state index is 12.2. The van der Waals surface area contributed by atoms with E-state index in [9.17, 15) is 9.59 Å². The molecular formula is C19H18BrN3O3. The molecule has 0 bridgehead atoms. The van der Waals surface area contributed by atoms with E-state index in [1.54, 1.807) is 6.07 Å². The molecule has 1 heterocycles. The Bertz CT molecular complexity index is 852. The Morgan fingerprint density at radius 2 is 2.00 bits per heavy atom. The van der Waals surface area contributed by atoms with Crippen LogP contribution in [0.2, 0.25) is 0 Å². The van der Waals surface area contributed by atoms with Crippen molar-refractivity contribution in [2.75, 3.05) is 11.9 Å². The highest BCUT2D eigenvalue weighted by molar-refractivity contribution is 9.10. The van der Waals surface area contributed by atoms with Crippen molar-refractivity contribution < 1.29 is 14.4 Å². The third-order valence-electron chi connectivity index (χ3n) is 3.95. The normalized spacial score (nSPS) is 15.8. The number of carbonyl (C=O) groups is 2. The summed E-state index contributed by atoms with van der Waals surface area (Å²) in [5, 5.41) is 9.34. The molecule has 0 saturated heterocycles. The van der Waals surface area contributed by atoms with Crippen molar-refractivity contribution in [1.29, 1.82) is 0 Å². The van der Waals surface area contributed by atoms with Crippen LogP contribution < -0.4 is 10.6 Å². The predicted molar refractivity (Wildman–Crippen MR) is 103 cm³/mol. The molecule has 0 spiro atoms. The maximum Gasteiger partial charge on any atom is 0.264 e. The minimum atomic E-state index is -0.715. The zero-order valence-electron chi connectivity index (χ0n) is 14.2. The van der Waals surface area contributed by atoms with Gasteiger partial charge in [0.25, 0.3) is 5.91 Å². The minimum Gasteiger partial charge on any atom is -0.382 e. The lowest BCUT2D eigenvalue weighted by Crippen LogP contribution is -2.39.